The smallest absolute Gasteiger partial charge is 0.460 e. The molecule has 25 heavy (non-hydrogen) atoms. The van der Waals surface area contributed by atoms with Gasteiger partial charge in [-0.2, -0.15) is 36.0 Å². The predicted octanol–water partition coefficient (Wildman–Crippen LogP) is 2.38. The van der Waals surface area contributed by atoms with Crippen LogP contribution in [0.25, 0.3) is 0 Å². The summed E-state index contributed by atoms with van der Waals surface area (Å²) in [5, 5.41) is 8.68. The molecule has 0 aromatic carbocycles. The van der Waals surface area contributed by atoms with Crippen molar-refractivity contribution in [1.29, 1.82) is 5.26 Å². The zero-order valence-corrected chi connectivity index (χ0v) is 12.0. The molecule has 1 aliphatic heterocycles. The minimum Gasteiger partial charge on any atom is -0.471 e. The van der Waals surface area contributed by atoms with E-state index >= 15 is 0 Å². The van der Waals surface area contributed by atoms with Gasteiger partial charge in [0.1, 0.15) is 6.10 Å². The summed E-state index contributed by atoms with van der Waals surface area (Å²) in [6.07, 6.45) is -6.29. The summed E-state index contributed by atoms with van der Waals surface area (Å²) in [6, 6.07) is 4.34. The van der Waals surface area contributed by atoms with Crippen LogP contribution in [-0.2, 0) is 4.79 Å². The number of likely N-dealkylation sites (tertiary alicyclic amines) is 1. The number of nitriles is 1. The lowest BCUT2D eigenvalue weighted by molar-refractivity contribution is -0.346. The third-order valence-corrected chi connectivity index (χ3v) is 3.31. The molecule has 1 aromatic rings. The number of halogens is 7. The average molecular weight is 371 g/mol. The number of pyridine rings is 1. The van der Waals surface area contributed by atoms with Gasteiger partial charge in [0.05, 0.1) is 24.7 Å². The highest BCUT2D eigenvalue weighted by atomic mass is 19.4. The number of nitrogens with zero attached hydrogens (tertiary/aromatic N) is 3. The number of rotatable bonds is 4. The average Bonchev–Trinajstić information content (AvgIpc) is 2.48. The Morgan fingerprint density at radius 2 is 1.84 bits per heavy atom. The molecule has 0 saturated carbocycles. The van der Waals surface area contributed by atoms with E-state index in [0.29, 0.717) is 0 Å². The van der Waals surface area contributed by atoms with Crippen LogP contribution in [0.2, 0.25) is 0 Å². The molecule has 0 atom stereocenters. The summed E-state index contributed by atoms with van der Waals surface area (Å²) in [5.41, 5.74) is 0.175. The molecular formula is C13H8F7N3O2. The molecule has 1 amide bonds. The summed E-state index contributed by atoms with van der Waals surface area (Å²) in [4.78, 5) is 15.1. The Morgan fingerprint density at radius 3 is 2.36 bits per heavy atom. The molecule has 12 heteroatoms. The first-order chi connectivity index (χ1) is 11.4. The van der Waals surface area contributed by atoms with Gasteiger partial charge in [-0.3, -0.25) is 4.79 Å². The van der Waals surface area contributed by atoms with E-state index in [0.717, 1.165) is 0 Å². The molecule has 0 spiro atoms. The second kappa shape index (κ2) is 6.05. The summed E-state index contributed by atoms with van der Waals surface area (Å²) in [7, 11) is 0. The van der Waals surface area contributed by atoms with Gasteiger partial charge in [-0.15, -0.1) is 0 Å². The van der Waals surface area contributed by atoms with Gasteiger partial charge in [-0.05, 0) is 6.07 Å². The topological polar surface area (TPSA) is 66.2 Å². The normalized spacial score (nSPS) is 16.2. The fourth-order valence-electron chi connectivity index (χ4n) is 1.90. The van der Waals surface area contributed by atoms with Crippen LogP contribution in [-0.4, -0.2) is 53.0 Å². The van der Waals surface area contributed by atoms with Crippen LogP contribution >= 0.6 is 0 Å². The highest BCUT2D eigenvalue weighted by molar-refractivity contribution is 5.85. The third-order valence-electron chi connectivity index (χ3n) is 3.31. The summed E-state index contributed by atoms with van der Waals surface area (Å²) >= 11 is 0. The monoisotopic (exact) mass is 371 g/mol. The number of carbonyl (C=O) groups is 1. The first kappa shape index (κ1) is 18.8. The molecule has 0 radical (unpaired) electrons. The van der Waals surface area contributed by atoms with Gasteiger partial charge in [0.2, 0.25) is 5.88 Å². The molecule has 2 rings (SSSR count). The van der Waals surface area contributed by atoms with Crippen LogP contribution in [0.4, 0.5) is 30.7 Å². The molecule has 1 aliphatic rings. The fraction of sp³-hybridized carbons (Fsp3) is 0.462. The van der Waals surface area contributed by atoms with Gasteiger partial charge in [0.15, 0.2) is 0 Å². The molecule has 0 bridgehead atoms. The first-order valence-corrected chi connectivity index (χ1v) is 6.54. The van der Waals surface area contributed by atoms with Crippen molar-refractivity contribution in [3.8, 4) is 11.9 Å². The predicted molar refractivity (Wildman–Crippen MR) is 65.9 cm³/mol. The van der Waals surface area contributed by atoms with E-state index in [1.54, 1.807) is 6.07 Å². The van der Waals surface area contributed by atoms with E-state index in [-0.39, 0.29) is 16.3 Å². The molecule has 136 valence electrons. The number of carbonyl (C=O) groups excluding carboxylic acids is 1. The maximum absolute atomic E-state index is 13.3. The van der Waals surface area contributed by atoms with Crippen molar-refractivity contribution in [2.45, 2.75) is 24.1 Å². The molecule has 2 heterocycles. The van der Waals surface area contributed by atoms with Crippen molar-refractivity contribution >= 4 is 5.91 Å². The number of hydrogen-bond acceptors (Lipinski definition) is 4. The van der Waals surface area contributed by atoms with Crippen LogP contribution in [0.15, 0.2) is 18.3 Å². The summed E-state index contributed by atoms with van der Waals surface area (Å²) in [5.74, 6) is -15.2. The quantitative estimate of drug-likeness (QED) is 0.763. The van der Waals surface area contributed by atoms with Gasteiger partial charge in [0.25, 0.3) is 5.91 Å². The van der Waals surface area contributed by atoms with Crippen molar-refractivity contribution < 1.29 is 40.3 Å². The number of hydrogen-bond donors (Lipinski definition) is 0. The Kier molecular flexibility index (Phi) is 4.54. The Bertz CT molecular complexity index is 708. The molecule has 1 fully saturated rings. The largest absolute Gasteiger partial charge is 0.471 e. The minimum absolute atomic E-state index is 0.0801. The van der Waals surface area contributed by atoms with Crippen LogP contribution < -0.4 is 4.74 Å². The summed E-state index contributed by atoms with van der Waals surface area (Å²) in [6.45, 7) is -1.25. The van der Waals surface area contributed by atoms with Crippen LogP contribution in [0, 0.1) is 11.3 Å². The lowest BCUT2D eigenvalue weighted by Crippen LogP contribution is -2.66. The molecular weight excluding hydrogens is 363 g/mol. The van der Waals surface area contributed by atoms with Crippen molar-refractivity contribution in [2.75, 3.05) is 13.1 Å². The molecule has 5 nitrogen and oxygen atoms in total. The second-order valence-electron chi connectivity index (χ2n) is 5.09. The Balaban J connectivity index is 2.00. The number of aromatic nitrogens is 1. The van der Waals surface area contributed by atoms with Gasteiger partial charge in [-0.1, -0.05) is 0 Å². The highest BCUT2D eigenvalue weighted by Crippen LogP contribution is 2.47. The molecule has 1 aromatic heterocycles. The number of alkyl halides is 7. The number of amides is 1. The Labute approximate surface area is 135 Å². The maximum Gasteiger partial charge on any atom is 0.460 e. The van der Waals surface area contributed by atoms with Crippen molar-refractivity contribution in [3.05, 3.63) is 23.9 Å². The van der Waals surface area contributed by atoms with E-state index in [4.69, 9.17) is 10.00 Å². The lowest BCUT2D eigenvalue weighted by Gasteiger charge is -2.41. The molecule has 0 aliphatic carbocycles. The lowest BCUT2D eigenvalue weighted by atomic mass is 10.1. The van der Waals surface area contributed by atoms with Crippen molar-refractivity contribution in [3.63, 3.8) is 0 Å². The second-order valence-corrected chi connectivity index (χ2v) is 5.09. The van der Waals surface area contributed by atoms with Crippen LogP contribution in [0.1, 0.15) is 5.56 Å². The maximum atomic E-state index is 13.3. The van der Waals surface area contributed by atoms with E-state index < -0.39 is 43.1 Å². The first-order valence-electron chi connectivity index (χ1n) is 6.54. The fourth-order valence-corrected chi connectivity index (χ4v) is 1.90. The van der Waals surface area contributed by atoms with Crippen LogP contribution in [0.3, 0.4) is 0 Å². The van der Waals surface area contributed by atoms with Gasteiger partial charge in [0, 0.05) is 12.3 Å². The molecule has 1 saturated heterocycles. The SMILES string of the molecule is N#Cc1ccnc(OC2CN(C(=O)C(F)(F)C(F)(F)C(F)(F)F)C2)c1. The van der Waals surface area contributed by atoms with Gasteiger partial charge < -0.3 is 9.64 Å². The number of ether oxygens (including phenoxy) is 1. The minimum atomic E-state index is -6.57. The van der Waals surface area contributed by atoms with Crippen molar-refractivity contribution in [1.82, 2.24) is 9.88 Å². The zero-order chi connectivity index (χ0) is 19.0. The van der Waals surface area contributed by atoms with E-state index in [2.05, 4.69) is 4.98 Å². The summed E-state index contributed by atoms with van der Waals surface area (Å²) < 4.78 is 93.4. The molecule has 0 N–H and O–H groups in total. The zero-order valence-electron chi connectivity index (χ0n) is 12.0. The standard InChI is InChI=1S/C13H8F7N3O2/c14-11(15,12(16,17)13(18,19)20)10(24)23-5-8(6-23)25-9-3-7(4-21)1-2-22-9/h1-3,8H,5-6H2. The van der Waals surface area contributed by atoms with E-state index in [1.807, 2.05) is 0 Å². The Morgan fingerprint density at radius 1 is 1.24 bits per heavy atom. The third kappa shape index (κ3) is 3.31. The van der Waals surface area contributed by atoms with Gasteiger partial charge in [-0.25, -0.2) is 4.98 Å². The van der Waals surface area contributed by atoms with E-state index in [9.17, 15) is 35.5 Å². The Hall–Kier alpha value is -2.58. The highest BCUT2D eigenvalue weighted by Gasteiger charge is 2.77. The van der Waals surface area contributed by atoms with Crippen LogP contribution in [0.5, 0.6) is 5.88 Å². The van der Waals surface area contributed by atoms with Crippen molar-refractivity contribution in [2.24, 2.45) is 0 Å². The molecule has 0 unspecified atom stereocenters. The van der Waals surface area contributed by atoms with E-state index in [1.165, 1.54) is 18.3 Å². The van der Waals surface area contributed by atoms with Gasteiger partial charge >= 0.3 is 18.0 Å².